The first kappa shape index (κ1) is 12.1. The standard InChI is InChI=1S/C13H14FN3O2/c1-16-5-4-9(7-16)17-12(18)10-6-8(14)2-3-11(10)15-13(17)19/h2-3,6,9H,4-5,7H2,1H3,(H,15,19). The Morgan fingerprint density at radius 1 is 1.37 bits per heavy atom. The van der Waals surface area contributed by atoms with Gasteiger partial charge in [-0.1, -0.05) is 0 Å². The maximum Gasteiger partial charge on any atom is 0.329 e. The molecule has 0 saturated carbocycles. The molecule has 3 rings (SSSR count). The number of benzene rings is 1. The number of likely N-dealkylation sites (N-methyl/N-ethyl adjacent to an activating group) is 1. The number of nitrogens with zero attached hydrogens (tertiary/aromatic N) is 2. The fourth-order valence-electron chi connectivity index (χ4n) is 2.65. The maximum atomic E-state index is 13.2. The molecular weight excluding hydrogens is 249 g/mol. The van der Waals surface area contributed by atoms with Crippen LogP contribution in [0.2, 0.25) is 0 Å². The lowest BCUT2D eigenvalue weighted by Crippen LogP contribution is -2.38. The van der Waals surface area contributed by atoms with Gasteiger partial charge >= 0.3 is 5.69 Å². The van der Waals surface area contributed by atoms with E-state index in [1.165, 1.54) is 22.8 Å². The number of hydrogen-bond donors (Lipinski definition) is 1. The molecule has 5 nitrogen and oxygen atoms in total. The van der Waals surface area contributed by atoms with E-state index in [2.05, 4.69) is 9.88 Å². The fraction of sp³-hybridized carbons (Fsp3) is 0.385. The van der Waals surface area contributed by atoms with Crippen LogP contribution in [0.4, 0.5) is 4.39 Å². The molecule has 6 heteroatoms. The molecule has 0 spiro atoms. The molecule has 1 N–H and O–H groups in total. The Bertz CT molecular complexity index is 750. The quantitative estimate of drug-likeness (QED) is 0.824. The van der Waals surface area contributed by atoms with E-state index in [0.29, 0.717) is 12.1 Å². The SMILES string of the molecule is CN1CCC(n2c(=O)[nH]c3ccc(F)cc3c2=O)C1. The molecule has 1 aromatic carbocycles. The molecule has 1 unspecified atom stereocenters. The van der Waals surface area contributed by atoms with Gasteiger partial charge in [-0.05, 0) is 38.2 Å². The first-order valence-corrected chi connectivity index (χ1v) is 6.19. The Balaban J connectivity index is 2.25. The number of fused-ring (bicyclic) bond motifs is 1. The normalized spacial score (nSPS) is 20.2. The third-order valence-electron chi connectivity index (χ3n) is 3.62. The number of rotatable bonds is 1. The van der Waals surface area contributed by atoms with Gasteiger partial charge in [-0.2, -0.15) is 0 Å². The molecule has 1 saturated heterocycles. The third kappa shape index (κ3) is 1.98. The summed E-state index contributed by atoms with van der Waals surface area (Å²) in [6.45, 7) is 1.50. The zero-order valence-electron chi connectivity index (χ0n) is 10.5. The predicted octanol–water partition coefficient (Wildman–Crippen LogP) is 0.705. The van der Waals surface area contributed by atoms with Crippen LogP contribution in [-0.2, 0) is 0 Å². The lowest BCUT2D eigenvalue weighted by Gasteiger charge is -2.13. The van der Waals surface area contributed by atoms with E-state index >= 15 is 0 Å². The molecule has 0 amide bonds. The summed E-state index contributed by atoms with van der Waals surface area (Å²) in [6, 6.07) is 3.67. The van der Waals surface area contributed by atoms with Gasteiger partial charge < -0.3 is 9.88 Å². The van der Waals surface area contributed by atoms with Gasteiger partial charge in [0.05, 0.1) is 16.9 Å². The highest BCUT2D eigenvalue weighted by Gasteiger charge is 2.24. The van der Waals surface area contributed by atoms with Crippen LogP contribution in [0.1, 0.15) is 12.5 Å². The summed E-state index contributed by atoms with van der Waals surface area (Å²) in [6.07, 6.45) is 0.750. The topological polar surface area (TPSA) is 58.1 Å². The highest BCUT2D eigenvalue weighted by Crippen LogP contribution is 2.17. The van der Waals surface area contributed by atoms with Gasteiger partial charge in [-0.25, -0.2) is 9.18 Å². The van der Waals surface area contributed by atoms with Gasteiger partial charge in [0.15, 0.2) is 0 Å². The van der Waals surface area contributed by atoms with Crippen molar-refractivity contribution in [1.29, 1.82) is 0 Å². The summed E-state index contributed by atoms with van der Waals surface area (Å²) in [5.74, 6) is -0.480. The Hall–Kier alpha value is -1.95. The summed E-state index contributed by atoms with van der Waals surface area (Å²) in [5, 5.41) is 0.217. The smallest absolute Gasteiger partial charge is 0.307 e. The van der Waals surface area contributed by atoms with E-state index in [9.17, 15) is 14.0 Å². The molecular formula is C13H14FN3O2. The van der Waals surface area contributed by atoms with E-state index in [0.717, 1.165) is 13.0 Å². The summed E-state index contributed by atoms with van der Waals surface area (Å²) in [4.78, 5) is 29.1. The van der Waals surface area contributed by atoms with Crippen LogP contribution in [0, 0.1) is 5.82 Å². The molecule has 100 valence electrons. The minimum atomic E-state index is -0.480. The average molecular weight is 263 g/mol. The van der Waals surface area contributed by atoms with E-state index in [1.54, 1.807) is 0 Å². The highest BCUT2D eigenvalue weighted by atomic mass is 19.1. The van der Waals surface area contributed by atoms with Crippen LogP contribution >= 0.6 is 0 Å². The van der Waals surface area contributed by atoms with Crippen molar-refractivity contribution in [3.05, 3.63) is 44.9 Å². The van der Waals surface area contributed by atoms with Gasteiger partial charge in [0.25, 0.3) is 5.56 Å². The molecule has 0 aliphatic carbocycles. The summed E-state index contributed by atoms with van der Waals surface area (Å²) in [7, 11) is 1.94. The van der Waals surface area contributed by atoms with Crippen LogP contribution in [0.15, 0.2) is 27.8 Å². The van der Waals surface area contributed by atoms with E-state index in [1.807, 2.05) is 7.05 Å². The number of likely N-dealkylation sites (tertiary alicyclic amines) is 1. The Morgan fingerprint density at radius 2 is 2.16 bits per heavy atom. The zero-order valence-corrected chi connectivity index (χ0v) is 10.5. The van der Waals surface area contributed by atoms with Crippen molar-refractivity contribution in [2.75, 3.05) is 20.1 Å². The van der Waals surface area contributed by atoms with E-state index in [4.69, 9.17) is 0 Å². The van der Waals surface area contributed by atoms with E-state index < -0.39 is 17.1 Å². The minimum absolute atomic E-state index is 0.145. The number of aromatic amines is 1. The average Bonchev–Trinajstić information content (AvgIpc) is 2.77. The van der Waals surface area contributed by atoms with Crippen LogP contribution in [-0.4, -0.2) is 34.6 Å². The predicted molar refractivity (Wildman–Crippen MR) is 69.9 cm³/mol. The van der Waals surface area contributed by atoms with Gasteiger partial charge in [-0.3, -0.25) is 9.36 Å². The second-order valence-corrected chi connectivity index (χ2v) is 5.00. The van der Waals surface area contributed by atoms with E-state index in [-0.39, 0.29) is 11.4 Å². The number of aromatic nitrogens is 2. The molecule has 2 heterocycles. The fourth-order valence-corrected chi connectivity index (χ4v) is 2.65. The first-order valence-electron chi connectivity index (χ1n) is 6.19. The Labute approximate surface area is 108 Å². The summed E-state index contributed by atoms with van der Waals surface area (Å²) >= 11 is 0. The van der Waals surface area contributed by atoms with Crippen molar-refractivity contribution < 1.29 is 4.39 Å². The monoisotopic (exact) mass is 263 g/mol. The van der Waals surface area contributed by atoms with Crippen LogP contribution in [0.25, 0.3) is 10.9 Å². The number of hydrogen-bond acceptors (Lipinski definition) is 3. The molecule has 19 heavy (non-hydrogen) atoms. The molecule has 1 atom stereocenters. The van der Waals surface area contributed by atoms with Crippen LogP contribution in [0.3, 0.4) is 0 Å². The Kier molecular flexibility index (Phi) is 2.74. The molecule has 1 aliphatic rings. The van der Waals surface area contributed by atoms with Crippen LogP contribution < -0.4 is 11.2 Å². The lowest BCUT2D eigenvalue weighted by atomic mass is 10.2. The van der Waals surface area contributed by atoms with Gasteiger partial charge in [-0.15, -0.1) is 0 Å². The van der Waals surface area contributed by atoms with Gasteiger partial charge in [0.1, 0.15) is 5.82 Å². The van der Waals surface area contributed by atoms with Crippen molar-refractivity contribution in [1.82, 2.24) is 14.5 Å². The first-order chi connectivity index (χ1) is 9.06. The molecule has 0 radical (unpaired) electrons. The highest BCUT2D eigenvalue weighted by molar-refractivity contribution is 5.77. The van der Waals surface area contributed by atoms with Crippen molar-refractivity contribution in [2.24, 2.45) is 0 Å². The molecule has 1 aromatic heterocycles. The second kappa shape index (κ2) is 4.31. The van der Waals surface area contributed by atoms with Crippen LogP contribution in [0.5, 0.6) is 0 Å². The summed E-state index contributed by atoms with van der Waals surface area (Å²) in [5.41, 5.74) is -0.470. The van der Waals surface area contributed by atoms with Crippen molar-refractivity contribution in [3.8, 4) is 0 Å². The van der Waals surface area contributed by atoms with Gasteiger partial charge in [0, 0.05) is 6.54 Å². The molecule has 2 aromatic rings. The molecule has 1 aliphatic heterocycles. The maximum absolute atomic E-state index is 13.2. The Morgan fingerprint density at radius 3 is 2.84 bits per heavy atom. The molecule has 0 bridgehead atoms. The summed E-state index contributed by atoms with van der Waals surface area (Å²) < 4.78 is 14.5. The van der Waals surface area contributed by atoms with Crippen molar-refractivity contribution >= 4 is 10.9 Å². The third-order valence-corrected chi connectivity index (χ3v) is 3.62. The number of H-pyrrole nitrogens is 1. The molecule has 1 fully saturated rings. The minimum Gasteiger partial charge on any atom is -0.307 e. The zero-order chi connectivity index (χ0) is 13.6. The van der Waals surface area contributed by atoms with Gasteiger partial charge in [0.2, 0.25) is 0 Å². The van der Waals surface area contributed by atoms with Crippen molar-refractivity contribution in [3.63, 3.8) is 0 Å². The number of nitrogens with one attached hydrogen (secondary N) is 1. The second-order valence-electron chi connectivity index (χ2n) is 5.00. The largest absolute Gasteiger partial charge is 0.329 e. The number of halogens is 1. The lowest BCUT2D eigenvalue weighted by molar-refractivity contribution is 0.386. The van der Waals surface area contributed by atoms with Crippen molar-refractivity contribution in [2.45, 2.75) is 12.5 Å².